The summed E-state index contributed by atoms with van der Waals surface area (Å²) in [6.07, 6.45) is 0. The summed E-state index contributed by atoms with van der Waals surface area (Å²) in [4.78, 5) is 2.06. The Kier molecular flexibility index (Phi) is 5.80. The van der Waals surface area contributed by atoms with Gasteiger partial charge in [0.05, 0.1) is 16.6 Å². The number of nitrogens with zero attached hydrogens (tertiary/aromatic N) is 1. The van der Waals surface area contributed by atoms with E-state index in [1.807, 2.05) is 42.5 Å². The van der Waals surface area contributed by atoms with Crippen LogP contribution in [0.3, 0.4) is 0 Å². The number of anilines is 3. The third kappa shape index (κ3) is 4.21. The van der Waals surface area contributed by atoms with Gasteiger partial charge in [-0.15, -0.1) is 11.3 Å². The zero-order valence-corrected chi connectivity index (χ0v) is 31.8. The summed E-state index contributed by atoms with van der Waals surface area (Å²) in [6.45, 7) is 0. The molecule has 1 spiro atoms. The van der Waals surface area contributed by atoms with Crippen molar-refractivity contribution in [3.63, 3.8) is 0 Å². The molecule has 0 unspecified atom stereocenters. The third-order valence-corrected chi connectivity index (χ3v) is 13.6. The molecule has 9 aromatic carbocycles. The van der Waals surface area contributed by atoms with Crippen molar-refractivity contribution in [3.05, 3.63) is 222 Å². The van der Waals surface area contributed by atoms with Crippen LogP contribution in [0.1, 0.15) is 27.7 Å². The summed E-state index contributed by atoms with van der Waals surface area (Å²) in [5.41, 5.74) is 13.5. The van der Waals surface area contributed by atoms with Crippen molar-refractivity contribution in [1.82, 2.24) is 0 Å². The Morgan fingerprint density at radius 3 is 1.79 bits per heavy atom. The van der Waals surface area contributed by atoms with Gasteiger partial charge in [0.15, 0.2) is 0 Å². The highest BCUT2D eigenvalue weighted by Crippen LogP contribution is 2.63. The topological polar surface area (TPSA) is 16.4 Å². The highest BCUT2D eigenvalue weighted by molar-refractivity contribution is 7.25. The van der Waals surface area contributed by atoms with E-state index in [0.717, 1.165) is 43.4 Å². The van der Waals surface area contributed by atoms with Gasteiger partial charge in [0.25, 0.3) is 0 Å². The summed E-state index contributed by atoms with van der Waals surface area (Å²) in [5.74, 6) is 0. The first-order valence-corrected chi connectivity index (χ1v) is 20.4. The number of thiophene rings is 1. The maximum Gasteiger partial charge on any atom is 0.136 e. The Morgan fingerprint density at radius 1 is 0.431 bits per heavy atom. The molecule has 0 atom stereocenters. The van der Waals surface area contributed by atoms with Crippen LogP contribution in [0.25, 0.3) is 75.5 Å². The fraction of sp³-hybridized carbons (Fsp3) is 0.0182. The average Bonchev–Trinajstić information content (AvgIpc) is 4.05. The average molecular weight is 760 g/mol. The van der Waals surface area contributed by atoms with E-state index in [4.69, 9.17) is 5.79 Å². The maximum absolute atomic E-state index is 9.85. The van der Waals surface area contributed by atoms with Crippen LogP contribution in [0.5, 0.6) is 0 Å². The standard InChI is InChI=1S/C55H33NOS/c1-7-21-45-36(14-1)37-15-2-8-22-46(37)55(45)47-23-9-3-16-38(47)44-32-34(29-31-48(44)55)56(35-28-30-41-40-18-6-12-27-52(40)58-53(41)33-35)49-24-10-4-17-39(49)42-20-13-26-51-54(42)43-19-5-11-25-50(43)57-51/h1-33H/i4D,10D,17D,24D. The largest absolute Gasteiger partial charge is 0.456 e. The molecule has 0 aliphatic heterocycles. The van der Waals surface area contributed by atoms with Crippen molar-refractivity contribution in [2.45, 2.75) is 5.41 Å². The van der Waals surface area contributed by atoms with E-state index in [-0.39, 0.29) is 24.2 Å². The van der Waals surface area contributed by atoms with Crippen LogP contribution in [0.4, 0.5) is 17.1 Å². The molecule has 13 rings (SSSR count). The first kappa shape index (κ1) is 28.2. The highest BCUT2D eigenvalue weighted by Gasteiger charge is 2.51. The predicted octanol–water partition coefficient (Wildman–Crippen LogP) is 15.4. The van der Waals surface area contributed by atoms with Crippen molar-refractivity contribution in [3.8, 4) is 33.4 Å². The highest BCUT2D eigenvalue weighted by atomic mass is 32.1. The second-order valence-electron chi connectivity index (χ2n) is 15.2. The SMILES string of the molecule is [2H]c1c([2H])c([2H])c(N(c2ccc3c(c2)-c2ccccc2C32c3ccccc3-c3ccccc32)c2ccc3c(c2)sc2ccccc23)c(-c2cccc3oc4ccccc4c23)c1[2H]. The molecule has 2 heterocycles. The second-order valence-corrected chi connectivity index (χ2v) is 16.3. The molecule has 0 radical (unpaired) electrons. The third-order valence-electron chi connectivity index (χ3n) is 12.4. The molecule has 0 fully saturated rings. The predicted molar refractivity (Wildman–Crippen MR) is 243 cm³/mol. The lowest BCUT2D eigenvalue weighted by Gasteiger charge is -2.31. The molecule has 11 aromatic rings. The monoisotopic (exact) mass is 759 g/mol. The molecule has 2 aliphatic rings. The molecule has 0 saturated carbocycles. The van der Waals surface area contributed by atoms with Crippen molar-refractivity contribution < 1.29 is 9.90 Å². The Hall–Kier alpha value is -7.20. The molecule has 0 saturated heterocycles. The van der Waals surface area contributed by atoms with Crippen LogP contribution in [0, 0.1) is 0 Å². The maximum atomic E-state index is 9.85. The van der Waals surface area contributed by atoms with Gasteiger partial charge >= 0.3 is 0 Å². The lowest BCUT2D eigenvalue weighted by Crippen LogP contribution is -2.25. The summed E-state index contributed by atoms with van der Waals surface area (Å²) < 4.78 is 46.5. The van der Waals surface area contributed by atoms with Crippen LogP contribution in [0.15, 0.2) is 205 Å². The number of para-hydroxylation sites is 2. The van der Waals surface area contributed by atoms with E-state index < -0.39 is 5.41 Å². The molecule has 0 amide bonds. The first-order valence-electron chi connectivity index (χ1n) is 21.6. The lowest BCUT2D eigenvalue weighted by atomic mass is 9.70. The summed E-state index contributed by atoms with van der Waals surface area (Å²) in [6, 6.07) is 60.5. The number of rotatable bonds is 4. The normalized spacial score (nSPS) is 14.3. The van der Waals surface area contributed by atoms with Crippen LogP contribution in [-0.2, 0) is 5.41 Å². The van der Waals surface area contributed by atoms with E-state index in [1.54, 1.807) is 11.3 Å². The van der Waals surface area contributed by atoms with Gasteiger partial charge in [0, 0.05) is 47.9 Å². The van der Waals surface area contributed by atoms with Crippen molar-refractivity contribution >= 4 is 70.5 Å². The molecular weight excluding hydrogens is 723 g/mol. The van der Waals surface area contributed by atoms with E-state index in [1.165, 1.54) is 43.5 Å². The van der Waals surface area contributed by atoms with Crippen molar-refractivity contribution in [1.29, 1.82) is 0 Å². The number of hydrogen-bond donors (Lipinski definition) is 0. The minimum atomic E-state index is -0.530. The minimum absolute atomic E-state index is 0.114. The van der Waals surface area contributed by atoms with Gasteiger partial charge in [0.1, 0.15) is 11.2 Å². The second kappa shape index (κ2) is 11.9. The van der Waals surface area contributed by atoms with Gasteiger partial charge in [-0.3, -0.25) is 0 Å². The van der Waals surface area contributed by atoms with Gasteiger partial charge in [-0.25, -0.2) is 0 Å². The Balaban J connectivity index is 1.13. The van der Waals surface area contributed by atoms with Gasteiger partial charge < -0.3 is 9.32 Å². The zero-order chi connectivity index (χ0) is 41.4. The number of hydrogen-bond acceptors (Lipinski definition) is 3. The first-order chi connectivity index (χ1) is 30.4. The van der Waals surface area contributed by atoms with Crippen LogP contribution < -0.4 is 4.90 Å². The number of benzene rings is 9. The number of fused-ring (bicyclic) bond motifs is 16. The van der Waals surface area contributed by atoms with E-state index in [9.17, 15) is 4.11 Å². The van der Waals surface area contributed by atoms with Gasteiger partial charge in [-0.2, -0.15) is 0 Å². The van der Waals surface area contributed by atoms with E-state index in [0.29, 0.717) is 28.0 Å². The molecule has 270 valence electrons. The Morgan fingerprint density at radius 2 is 1.00 bits per heavy atom. The summed E-state index contributed by atoms with van der Waals surface area (Å²) in [5, 5.41) is 4.01. The smallest absolute Gasteiger partial charge is 0.136 e. The molecule has 2 aromatic heterocycles. The number of furan rings is 1. The molecule has 2 aliphatic carbocycles. The van der Waals surface area contributed by atoms with Crippen LogP contribution in [-0.4, -0.2) is 0 Å². The fourth-order valence-corrected chi connectivity index (χ4v) is 11.3. The van der Waals surface area contributed by atoms with Gasteiger partial charge in [0.2, 0.25) is 0 Å². The molecule has 0 N–H and O–H groups in total. The van der Waals surface area contributed by atoms with Crippen molar-refractivity contribution in [2.75, 3.05) is 4.90 Å². The van der Waals surface area contributed by atoms with Crippen LogP contribution >= 0.6 is 11.3 Å². The molecule has 2 nitrogen and oxygen atoms in total. The fourth-order valence-electron chi connectivity index (χ4n) is 10.1. The summed E-state index contributed by atoms with van der Waals surface area (Å²) >= 11 is 1.72. The van der Waals surface area contributed by atoms with Crippen molar-refractivity contribution in [2.24, 2.45) is 0 Å². The minimum Gasteiger partial charge on any atom is -0.456 e. The quantitative estimate of drug-likeness (QED) is 0.178. The molecule has 58 heavy (non-hydrogen) atoms. The lowest BCUT2D eigenvalue weighted by molar-refractivity contribution is 0.669. The Labute approximate surface area is 345 Å². The molecule has 3 heteroatoms. The summed E-state index contributed by atoms with van der Waals surface area (Å²) in [7, 11) is 0. The van der Waals surface area contributed by atoms with E-state index in [2.05, 4.69) is 138 Å². The zero-order valence-electron chi connectivity index (χ0n) is 35.0. The molecular formula is C55H33NOS. The Bertz CT molecular complexity index is 3690. The molecule has 0 bridgehead atoms. The van der Waals surface area contributed by atoms with Crippen LogP contribution in [0.2, 0.25) is 0 Å². The van der Waals surface area contributed by atoms with E-state index >= 15 is 0 Å². The van der Waals surface area contributed by atoms with Gasteiger partial charge in [-0.05, 0) is 98.6 Å². The van der Waals surface area contributed by atoms with Gasteiger partial charge in [-0.1, -0.05) is 152 Å².